The minimum absolute atomic E-state index is 0.430. The summed E-state index contributed by atoms with van der Waals surface area (Å²) in [7, 11) is 0. The first-order valence-electron chi connectivity index (χ1n) is 7.08. The monoisotopic (exact) mass is 285 g/mol. The minimum Gasteiger partial charge on any atom is -0.493 e. The van der Waals surface area contributed by atoms with Gasteiger partial charge in [0, 0.05) is 23.2 Å². The number of ether oxygens (including phenoxy) is 1. The standard InChI is InChI=1S/C17H16ClNO/c18-14-7-12-5-6-20-17(12)13(8-14)10-15-9-11-3-1-2-4-16(11)19-15/h1-4,7-8,15,19H,5-6,9-10H2. The van der Waals surface area contributed by atoms with Gasteiger partial charge in [-0.2, -0.15) is 0 Å². The molecule has 20 heavy (non-hydrogen) atoms. The third-order valence-corrected chi connectivity index (χ3v) is 4.35. The number of hydrogen-bond donors (Lipinski definition) is 1. The average Bonchev–Trinajstić information content (AvgIpc) is 3.03. The van der Waals surface area contributed by atoms with Crippen LogP contribution in [0.15, 0.2) is 36.4 Å². The lowest BCUT2D eigenvalue weighted by molar-refractivity contribution is 0.353. The van der Waals surface area contributed by atoms with Crippen LogP contribution in [0.3, 0.4) is 0 Å². The lowest BCUT2D eigenvalue weighted by atomic mass is 9.99. The second-order valence-electron chi connectivity index (χ2n) is 5.56. The number of anilines is 1. The second-order valence-corrected chi connectivity index (χ2v) is 5.99. The van der Waals surface area contributed by atoms with Crippen LogP contribution < -0.4 is 10.1 Å². The maximum absolute atomic E-state index is 6.23. The van der Waals surface area contributed by atoms with E-state index in [0.29, 0.717) is 6.04 Å². The molecule has 2 aromatic carbocycles. The molecule has 2 aliphatic rings. The fourth-order valence-corrected chi connectivity index (χ4v) is 3.53. The summed E-state index contributed by atoms with van der Waals surface area (Å²) in [6.45, 7) is 0.779. The van der Waals surface area contributed by atoms with Crippen molar-refractivity contribution in [3.05, 3.63) is 58.1 Å². The first-order chi connectivity index (χ1) is 9.79. The van der Waals surface area contributed by atoms with E-state index in [1.807, 2.05) is 6.07 Å². The summed E-state index contributed by atoms with van der Waals surface area (Å²) in [5.74, 6) is 1.06. The van der Waals surface area contributed by atoms with Crippen LogP contribution in [0.4, 0.5) is 5.69 Å². The highest BCUT2D eigenvalue weighted by Crippen LogP contribution is 2.35. The van der Waals surface area contributed by atoms with E-state index in [2.05, 4.69) is 35.6 Å². The van der Waals surface area contributed by atoms with Gasteiger partial charge in [0.25, 0.3) is 0 Å². The Morgan fingerprint density at radius 2 is 2.10 bits per heavy atom. The van der Waals surface area contributed by atoms with E-state index in [0.717, 1.165) is 36.6 Å². The van der Waals surface area contributed by atoms with Gasteiger partial charge >= 0.3 is 0 Å². The Balaban J connectivity index is 1.60. The highest BCUT2D eigenvalue weighted by Gasteiger charge is 2.24. The molecule has 4 rings (SSSR count). The van der Waals surface area contributed by atoms with Crippen LogP contribution in [0.25, 0.3) is 0 Å². The molecule has 0 spiro atoms. The van der Waals surface area contributed by atoms with Crippen molar-refractivity contribution in [1.29, 1.82) is 0 Å². The molecular formula is C17H16ClNO. The molecule has 1 N–H and O–H groups in total. The van der Waals surface area contributed by atoms with Crippen LogP contribution >= 0.6 is 11.6 Å². The Hall–Kier alpha value is -1.67. The van der Waals surface area contributed by atoms with Gasteiger partial charge in [-0.15, -0.1) is 0 Å². The molecule has 3 heteroatoms. The van der Waals surface area contributed by atoms with Gasteiger partial charge in [-0.1, -0.05) is 29.8 Å². The molecule has 0 radical (unpaired) electrons. The number of benzene rings is 2. The molecule has 0 bridgehead atoms. The van der Waals surface area contributed by atoms with Crippen LogP contribution in [0.5, 0.6) is 5.75 Å². The molecule has 102 valence electrons. The topological polar surface area (TPSA) is 21.3 Å². The Morgan fingerprint density at radius 3 is 3.00 bits per heavy atom. The predicted molar refractivity (Wildman–Crippen MR) is 81.9 cm³/mol. The molecule has 0 saturated carbocycles. The Kier molecular flexibility index (Phi) is 2.85. The molecule has 2 aromatic rings. The van der Waals surface area contributed by atoms with E-state index in [1.165, 1.54) is 22.4 Å². The molecule has 1 unspecified atom stereocenters. The Morgan fingerprint density at radius 1 is 1.20 bits per heavy atom. The van der Waals surface area contributed by atoms with Crippen LogP contribution in [0.2, 0.25) is 5.02 Å². The van der Waals surface area contributed by atoms with Gasteiger partial charge in [0.15, 0.2) is 0 Å². The quantitative estimate of drug-likeness (QED) is 0.905. The molecule has 2 heterocycles. The molecule has 1 atom stereocenters. The molecule has 2 nitrogen and oxygen atoms in total. The maximum Gasteiger partial charge on any atom is 0.125 e. The molecule has 0 aromatic heterocycles. The summed E-state index contributed by atoms with van der Waals surface area (Å²) in [5.41, 5.74) is 5.15. The summed E-state index contributed by atoms with van der Waals surface area (Å²) in [6.07, 6.45) is 3.00. The number of para-hydroxylation sites is 1. The van der Waals surface area contributed by atoms with Crippen molar-refractivity contribution >= 4 is 17.3 Å². The zero-order valence-electron chi connectivity index (χ0n) is 11.2. The van der Waals surface area contributed by atoms with Gasteiger partial charge in [-0.3, -0.25) is 0 Å². The maximum atomic E-state index is 6.23. The highest BCUT2D eigenvalue weighted by atomic mass is 35.5. The highest BCUT2D eigenvalue weighted by molar-refractivity contribution is 6.30. The molecule has 0 aliphatic carbocycles. The molecule has 0 amide bonds. The summed E-state index contributed by atoms with van der Waals surface area (Å²) < 4.78 is 5.79. The van der Waals surface area contributed by atoms with Crippen molar-refractivity contribution in [1.82, 2.24) is 0 Å². The van der Waals surface area contributed by atoms with E-state index >= 15 is 0 Å². The van der Waals surface area contributed by atoms with E-state index < -0.39 is 0 Å². The molecule has 0 fully saturated rings. The van der Waals surface area contributed by atoms with Crippen molar-refractivity contribution in [2.45, 2.75) is 25.3 Å². The summed E-state index contributed by atoms with van der Waals surface area (Å²) in [4.78, 5) is 0. The van der Waals surface area contributed by atoms with Crippen molar-refractivity contribution in [3.8, 4) is 5.75 Å². The van der Waals surface area contributed by atoms with E-state index in [9.17, 15) is 0 Å². The average molecular weight is 286 g/mol. The van der Waals surface area contributed by atoms with Crippen molar-refractivity contribution in [3.63, 3.8) is 0 Å². The number of rotatable bonds is 2. The number of halogens is 1. The van der Waals surface area contributed by atoms with Crippen LogP contribution in [-0.4, -0.2) is 12.6 Å². The summed E-state index contributed by atoms with van der Waals surface area (Å²) in [6, 6.07) is 13.0. The van der Waals surface area contributed by atoms with Gasteiger partial charge in [-0.25, -0.2) is 0 Å². The van der Waals surface area contributed by atoms with Gasteiger partial charge in [0.05, 0.1) is 6.61 Å². The van der Waals surface area contributed by atoms with Crippen molar-refractivity contribution in [2.24, 2.45) is 0 Å². The summed E-state index contributed by atoms with van der Waals surface area (Å²) in [5, 5.41) is 4.41. The van der Waals surface area contributed by atoms with Gasteiger partial charge in [-0.05, 0) is 47.7 Å². The minimum atomic E-state index is 0.430. The SMILES string of the molecule is Clc1cc2c(c(CC3Cc4ccccc4N3)c1)OCC2. The van der Waals surface area contributed by atoms with E-state index in [1.54, 1.807) is 0 Å². The number of fused-ring (bicyclic) bond motifs is 2. The lowest BCUT2D eigenvalue weighted by Gasteiger charge is -2.14. The Bertz CT molecular complexity index is 643. The number of hydrogen-bond acceptors (Lipinski definition) is 2. The molecule has 2 aliphatic heterocycles. The van der Waals surface area contributed by atoms with Crippen LogP contribution in [-0.2, 0) is 19.3 Å². The Labute approximate surface area is 123 Å². The largest absolute Gasteiger partial charge is 0.493 e. The zero-order chi connectivity index (χ0) is 13.5. The molecule has 0 saturated heterocycles. The third-order valence-electron chi connectivity index (χ3n) is 4.13. The second kappa shape index (κ2) is 4.71. The van der Waals surface area contributed by atoms with E-state index in [-0.39, 0.29) is 0 Å². The van der Waals surface area contributed by atoms with Gasteiger partial charge < -0.3 is 10.1 Å². The first kappa shape index (κ1) is 12.1. The van der Waals surface area contributed by atoms with Gasteiger partial charge in [0.1, 0.15) is 5.75 Å². The van der Waals surface area contributed by atoms with Crippen LogP contribution in [0, 0.1) is 0 Å². The zero-order valence-corrected chi connectivity index (χ0v) is 11.9. The fraction of sp³-hybridized carbons (Fsp3) is 0.294. The summed E-state index contributed by atoms with van der Waals surface area (Å²) >= 11 is 6.23. The van der Waals surface area contributed by atoms with Crippen LogP contribution in [0.1, 0.15) is 16.7 Å². The van der Waals surface area contributed by atoms with Gasteiger partial charge in [0.2, 0.25) is 0 Å². The fourth-order valence-electron chi connectivity index (χ4n) is 3.26. The van der Waals surface area contributed by atoms with Crippen molar-refractivity contribution < 1.29 is 4.74 Å². The lowest BCUT2D eigenvalue weighted by Crippen LogP contribution is -2.18. The molecular weight excluding hydrogens is 270 g/mol. The normalized spacial score (nSPS) is 19.1. The third kappa shape index (κ3) is 2.04. The predicted octanol–water partition coefficient (Wildman–Crippen LogP) is 3.85. The van der Waals surface area contributed by atoms with Crippen molar-refractivity contribution in [2.75, 3.05) is 11.9 Å². The first-order valence-corrected chi connectivity index (χ1v) is 7.46. The smallest absolute Gasteiger partial charge is 0.125 e. The number of nitrogens with one attached hydrogen (secondary N) is 1. The van der Waals surface area contributed by atoms with E-state index in [4.69, 9.17) is 16.3 Å².